The average molecular weight is 532 g/mol. The fourth-order valence-electron chi connectivity index (χ4n) is 3.44. The molecule has 1 atom stereocenters. The third-order valence-electron chi connectivity index (χ3n) is 5.02. The molecule has 2 aromatic rings. The maximum absolute atomic E-state index is 6.42. The first-order chi connectivity index (χ1) is 13.4. The van der Waals surface area contributed by atoms with Crippen molar-refractivity contribution in [1.29, 1.82) is 0 Å². The Morgan fingerprint density at radius 3 is 2.79 bits per heavy atom. The minimum atomic E-state index is -0.159. The summed E-state index contributed by atoms with van der Waals surface area (Å²) >= 11 is 6.42. The normalized spacial score (nSPS) is 17.8. The van der Waals surface area contributed by atoms with E-state index >= 15 is 0 Å². The van der Waals surface area contributed by atoms with Gasteiger partial charge in [0.2, 0.25) is 0 Å². The number of hydrogen-bond acceptors (Lipinski definition) is 3. The Labute approximate surface area is 195 Å². The van der Waals surface area contributed by atoms with Gasteiger partial charge in [-0.1, -0.05) is 43.6 Å². The summed E-state index contributed by atoms with van der Waals surface area (Å²) in [5, 5.41) is 8.49. The lowest BCUT2D eigenvalue weighted by Crippen LogP contribution is -2.48. The van der Waals surface area contributed by atoms with Crippen LogP contribution in [0.2, 0.25) is 5.02 Å². The van der Waals surface area contributed by atoms with Crippen LogP contribution in [0.3, 0.4) is 0 Å². The van der Waals surface area contributed by atoms with Gasteiger partial charge in [-0.3, -0.25) is 9.67 Å². The molecule has 0 aliphatic carbocycles. The van der Waals surface area contributed by atoms with E-state index in [2.05, 4.69) is 42.2 Å². The van der Waals surface area contributed by atoms with Crippen molar-refractivity contribution >= 4 is 41.5 Å². The molecule has 3 rings (SSSR count). The molecule has 0 saturated carbocycles. The van der Waals surface area contributed by atoms with E-state index in [1.165, 1.54) is 0 Å². The molecule has 1 aromatic carbocycles. The number of halogens is 2. The average Bonchev–Trinajstić information content (AvgIpc) is 3.12. The van der Waals surface area contributed by atoms with Gasteiger partial charge < -0.3 is 15.0 Å². The number of aromatic nitrogens is 2. The minimum Gasteiger partial charge on any atom is -0.370 e. The second kappa shape index (κ2) is 10.6. The van der Waals surface area contributed by atoms with Gasteiger partial charge in [0.1, 0.15) is 6.10 Å². The summed E-state index contributed by atoms with van der Waals surface area (Å²) in [7, 11) is 1.92. The van der Waals surface area contributed by atoms with E-state index in [1.807, 2.05) is 42.3 Å². The smallest absolute Gasteiger partial charge is 0.194 e. The van der Waals surface area contributed by atoms with Crippen LogP contribution >= 0.6 is 35.6 Å². The maximum atomic E-state index is 6.42. The van der Waals surface area contributed by atoms with Crippen molar-refractivity contribution in [2.24, 2.45) is 12.0 Å². The Bertz CT molecular complexity index is 823. The standard InChI is InChI=1S/C21H30ClN5O.HI/c1-5-23-20(24-15-21(2,3)17-8-6-7-9-18(17)22)27-10-11-28-19(14-27)16-12-25-26(4)13-16;/h6-9,12-13,19H,5,10-11,14-15H2,1-4H3,(H,23,24);1H. The predicted molar refractivity (Wildman–Crippen MR) is 129 cm³/mol. The molecule has 1 fully saturated rings. The quantitative estimate of drug-likeness (QED) is 0.360. The third kappa shape index (κ3) is 6.08. The molecule has 0 spiro atoms. The number of nitrogens with one attached hydrogen (secondary N) is 1. The van der Waals surface area contributed by atoms with E-state index in [9.17, 15) is 0 Å². The van der Waals surface area contributed by atoms with Crippen molar-refractivity contribution in [3.05, 3.63) is 52.8 Å². The Morgan fingerprint density at radius 1 is 1.38 bits per heavy atom. The van der Waals surface area contributed by atoms with Gasteiger partial charge in [0, 0.05) is 42.3 Å². The van der Waals surface area contributed by atoms with Gasteiger partial charge in [-0.2, -0.15) is 5.10 Å². The van der Waals surface area contributed by atoms with E-state index in [-0.39, 0.29) is 35.5 Å². The molecule has 1 aromatic heterocycles. The Balaban J connectivity index is 0.00000300. The van der Waals surface area contributed by atoms with Crippen molar-refractivity contribution < 1.29 is 4.74 Å². The van der Waals surface area contributed by atoms with Crippen LogP contribution in [-0.4, -0.2) is 53.4 Å². The summed E-state index contributed by atoms with van der Waals surface area (Å²) in [5.41, 5.74) is 2.06. The highest BCUT2D eigenvalue weighted by Crippen LogP contribution is 2.30. The van der Waals surface area contributed by atoms with E-state index in [0.717, 1.165) is 41.7 Å². The van der Waals surface area contributed by atoms with E-state index in [4.69, 9.17) is 21.3 Å². The number of aryl methyl sites for hydroxylation is 1. The highest BCUT2D eigenvalue weighted by atomic mass is 127. The molecule has 6 nitrogen and oxygen atoms in total. The summed E-state index contributed by atoms with van der Waals surface area (Å²) < 4.78 is 7.78. The van der Waals surface area contributed by atoms with Crippen molar-refractivity contribution in [1.82, 2.24) is 20.0 Å². The molecule has 160 valence electrons. The first kappa shape index (κ1) is 24.0. The lowest BCUT2D eigenvalue weighted by atomic mass is 9.85. The summed E-state index contributed by atoms with van der Waals surface area (Å²) in [5.74, 6) is 0.916. The van der Waals surface area contributed by atoms with Crippen molar-refractivity contribution in [3.8, 4) is 0 Å². The predicted octanol–water partition coefficient (Wildman–Crippen LogP) is 4.01. The van der Waals surface area contributed by atoms with Gasteiger partial charge in [-0.25, -0.2) is 0 Å². The van der Waals surface area contributed by atoms with Gasteiger partial charge in [-0.15, -0.1) is 24.0 Å². The Morgan fingerprint density at radius 2 is 2.14 bits per heavy atom. The number of rotatable bonds is 5. The summed E-state index contributed by atoms with van der Waals surface area (Å²) in [6.45, 7) is 10.1. The number of hydrogen-bond donors (Lipinski definition) is 1. The number of guanidine groups is 1. The zero-order chi connectivity index (χ0) is 20.1. The number of ether oxygens (including phenoxy) is 1. The summed E-state index contributed by atoms with van der Waals surface area (Å²) in [6, 6.07) is 8.01. The molecule has 1 aliphatic heterocycles. The maximum Gasteiger partial charge on any atom is 0.194 e. The lowest BCUT2D eigenvalue weighted by Gasteiger charge is -2.35. The number of morpholine rings is 1. The van der Waals surface area contributed by atoms with Crippen LogP contribution in [0.5, 0.6) is 0 Å². The summed E-state index contributed by atoms with van der Waals surface area (Å²) in [4.78, 5) is 7.23. The molecule has 0 amide bonds. The fraction of sp³-hybridized carbons (Fsp3) is 0.524. The van der Waals surface area contributed by atoms with Gasteiger partial charge >= 0.3 is 0 Å². The second-order valence-electron chi connectivity index (χ2n) is 7.79. The molecule has 8 heteroatoms. The largest absolute Gasteiger partial charge is 0.370 e. The van der Waals surface area contributed by atoms with Crippen LogP contribution in [0.4, 0.5) is 0 Å². The van der Waals surface area contributed by atoms with Crippen LogP contribution < -0.4 is 5.32 Å². The zero-order valence-electron chi connectivity index (χ0n) is 17.6. The van der Waals surface area contributed by atoms with E-state index in [1.54, 1.807) is 0 Å². The molecular formula is C21H31ClIN5O. The van der Waals surface area contributed by atoms with Crippen LogP contribution in [0.1, 0.15) is 38.0 Å². The Hall–Kier alpha value is -1.32. The molecular weight excluding hydrogens is 501 g/mol. The molecule has 29 heavy (non-hydrogen) atoms. The van der Waals surface area contributed by atoms with Crippen LogP contribution in [0.15, 0.2) is 41.7 Å². The number of nitrogens with zero attached hydrogens (tertiary/aromatic N) is 4. The van der Waals surface area contributed by atoms with Gasteiger partial charge in [0.25, 0.3) is 0 Å². The first-order valence-electron chi connectivity index (χ1n) is 9.79. The number of aliphatic imine (C=N–C) groups is 1. The van der Waals surface area contributed by atoms with Gasteiger partial charge in [0.15, 0.2) is 5.96 Å². The molecule has 0 radical (unpaired) electrons. The topological polar surface area (TPSA) is 54.7 Å². The first-order valence-corrected chi connectivity index (χ1v) is 10.2. The monoisotopic (exact) mass is 531 g/mol. The Kier molecular flexibility index (Phi) is 8.78. The van der Waals surface area contributed by atoms with E-state index in [0.29, 0.717) is 13.2 Å². The van der Waals surface area contributed by atoms with Gasteiger partial charge in [-0.05, 0) is 18.6 Å². The molecule has 0 bridgehead atoms. The second-order valence-corrected chi connectivity index (χ2v) is 8.19. The van der Waals surface area contributed by atoms with Crippen LogP contribution in [-0.2, 0) is 17.2 Å². The SMILES string of the molecule is CCNC(=NCC(C)(C)c1ccccc1Cl)N1CCOC(c2cnn(C)c2)C1.I. The molecule has 1 N–H and O–H groups in total. The van der Waals surface area contributed by atoms with Crippen molar-refractivity contribution in [2.75, 3.05) is 32.8 Å². The molecule has 1 aliphatic rings. The molecule has 1 unspecified atom stereocenters. The van der Waals surface area contributed by atoms with Crippen molar-refractivity contribution in [2.45, 2.75) is 32.3 Å². The fourth-order valence-corrected chi connectivity index (χ4v) is 3.83. The van der Waals surface area contributed by atoms with Gasteiger partial charge in [0.05, 0.1) is 25.9 Å². The zero-order valence-corrected chi connectivity index (χ0v) is 20.6. The summed E-state index contributed by atoms with van der Waals surface area (Å²) in [6.07, 6.45) is 3.89. The van der Waals surface area contributed by atoms with Crippen LogP contribution in [0, 0.1) is 0 Å². The highest BCUT2D eigenvalue weighted by Gasteiger charge is 2.27. The third-order valence-corrected chi connectivity index (χ3v) is 5.35. The van der Waals surface area contributed by atoms with E-state index < -0.39 is 0 Å². The lowest BCUT2D eigenvalue weighted by molar-refractivity contribution is -0.00806. The van der Waals surface area contributed by atoms with Crippen LogP contribution in [0.25, 0.3) is 0 Å². The van der Waals surface area contributed by atoms with Crippen molar-refractivity contribution in [3.63, 3.8) is 0 Å². The number of benzene rings is 1. The molecule has 2 heterocycles. The molecule has 1 saturated heterocycles. The minimum absolute atomic E-state index is 0. The highest BCUT2D eigenvalue weighted by molar-refractivity contribution is 14.0.